The Morgan fingerprint density at radius 1 is 1.04 bits per heavy atom. The molecule has 5 heteroatoms. The average Bonchev–Trinajstić information content (AvgIpc) is 2.61. The van der Waals surface area contributed by atoms with E-state index in [2.05, 4.69) is 36.1 Å². The number of rotatable bonds is 4. The van der Waals surface area contributed by atoms with Crippen LogP contribution in [0.5, 0.6) is 0 Å². The van der Waals surface area contributed by atoms with E-state index in [1.807, 2.05) is 17.0 Å². The molecule has 25 heavy (non-hydrogen) atoms. The number of nitrogens with zero attached hydrogens (tertiary/aromatic N) is 2. The summed E-state index contributed by atoms with van der Waals surface area (Å²) in [6.45, 7) is 5.38. The van der Waals surface area contributed by atoms with Gasteiger partial charge < -0.3 is 9.80 Å². The van der Waals surface area contributed by atoms with Gasteiger partial charge in [-0.1, -0.05) is 41.4 Å². The largest absolute Gasteiger partial charge is 0.368 e. The van der Waals surface area contributed by atoms with Crippen LogP contribution >= 0.6 is 23.2 Å². The number of benzene rings is 2. The van der Waals surface area contributed by atoms with Crippen LogP contribution in [-0.2, 0) is 11.2 Å². The Hall–Kier alpha value is -1.71. The summed E-state index contributed by atoms with van der Waals surface area (Å²) in [5.41, 5.74) is 3.47. The highest BCUT2D eigenvalue weighted by molar-refractivity contribution is 6.35. The molecule has 0 N–H and O–H groups in total. The van der Waals surface area contributed by atoms with Gasteiger partial charge in [-0.2, -0.15) is 0 Å². The van der Waals surface area contributed by atoms with Gasteiger partial charge in [0.2, 0.25) is 5.91 Å². The van der Waals surface area contributed by atoms with Crippen molar-refractivity contribution in [3.8, 4) is 0 Å². The van der Waals surface area contributed by atoms with Crippen molar-refractivity contribution in [1.82, 2.24) is 4.90 Å². The van der Waals surface area contributed by atoms with Gasteiger partial charge in [0.1, 0.15) is 0 Å². The lowest BCUT2D eigenvalue weighted by Crippen LogP contribution is -2.48. The number of hydrogen-bond donors (Lipinski definition) is 0. The van der Waals surface area contributed by atoms with Crippen LogP contribution in [0.25, 0.3) is 0 Å². The molecule has 1 saturated heterocycles. The third-order valence-electron chi connectivity index (χ3n) is 4.62. The van der Waals surface area contributed by atoms with Crippen LogP contribution in [0.2, 0.25) is 10.0 Å². The van der Waals surface area contributed by atoms with Gasteiger partial charge in [0, 0.05) is 48.3 Å². The highest BCUT2D eigenvalue weighted by Gasteiger charge is 2.21. The molecule has 0 atom stereocenters. The number of hydrogen-bond acceptors (Lipinski definition) is 2. The molecule has 0 saturated carbocycles. The molecule has 0 aromatic heterocycles. The van der Waals surface area contributed by atoms with E-state index in [-0.39, 0.29) is 5.91 Å². The maximum absolute atomic E-state index is 12.5. The molecule has 0 radical (unpaired) electrons. The number of anilines is 1. The van der Waals surface area contributed by atoms with Crippen LogP contribution in [0.3, 0.4) is 0 Å². The van der Waals surface area contributed by atoms with Crippen LogP contribution < -0.4 is 4.90 Å². The predicted octanol–water partition coefficient (Wildman–Crippen LogP) is 4.58. The van der Waals surface area contributed by atoms with Crippen molar-refractivity contribution < 1.29 is 4.79 Å². The summed E-state index contributed by atoms with van der Waals surface area (Å²) in [4.78, 5) is 16.8. The van der Waals surface area contributed by atoms with Crippen molar-refractivity contribution in [3.63, 3.8) is 0 Å². The zero-order chi connectivity index (χ0) is 17.8. The lowest BCUT2D eigenvalue weighted by atomic mass is 10.1. The van der Waals surface area contributed by atoms with Crippen molar-refractivity contribution in [1.29, 1.82) is 0 Å². The molecule has 1 amide bonds. The SMILES string of the molecule is Cc1cccc(N2CCN(C(=O)CCc3ccc(Cl)cc3Cl)CC2)c1. The fourth-order valence-electron chi connectivity index (χ4n) is 3.16. The fraction of sp³-hybridized carbons (Fsp3) is 0.350. The third-order valence-corrected chi connectivity index (χ3v) is 5.21. The molecule has 0 spiro atoms. The van der Waals surface area contributed by atoms with Crippen LogP contribution in [0.15, 0.2) is 42.5 Å². The maximum Gasteiger partial charge on any atom is 0.223 e. The summed E-state index contributed by atoms with van der Waals surface area (Å²) in [6, 6.07) is 13.9. The second-order valence-corrected chi connectivity index (χ2v) is 7.29. The second-order valence-electron chi connectivity index (χ2n) is 6.44. The highest BCUT2D eigenvalue weighted by atomic mass is 35.5. The smallest absolute Gasteiger partial charge is 0.223 e. The normalized spacial score (nSPS) is 14.7. The van der Waals surface area contributed by atoms with Crippen LogP contribution in [0.4, 0.5) is 5.69 Å². The molecule has 1 aliphatic rings. The zero-order valence-corrected chi connectivity index (χ0v) is 15.9. The molecule has 0 bridgehead atoms. The summed E-state index contributed by atoms with van der Waals surface area (Å²) < 4.78 is 0. The second kappa shape index (κ2) is 8.11. The van der Waals surface area contributed by atoms with E-state index in [9.17, 15) is 4.79 Å². The van der Waals surface area contributed by atoms with Crippen molar-refractivity contribution in [2.75, 3.05) is 31.1 Å². The summed E-state index contributed by atoms with van der Waals surface area (Å²) in [7, 11) is 0. The van der Waals surface area contributed by atoms with Gasteiger partial charge in [0.15, 0.2) is 0 Å². The van der Waals surface area contributed by atoms with E-state index in [0.29, 0.717) is 22.9 Å². The molecule has 2 aromatic carbocycles. The van der Waals surface area contributed by atoms with E-state index in [0.717, 1.165) is 31.7 Å². The molecule has 3 rings (SSSR count). The number of amides is 1. The lowest BCUT2D eigenvalue weighted by molar-refractivity contribution is -0.131. The van der Waals surface area contributed by atoms with Gasteiger partial charge in [0.05, 0.1) is 0 Å². The van der Waals surface area contributed by atoms with Gasteiger partial charge in [-0.05, 0) is 48.7 Å². The molecular weight excluding hydrogens is 355 g/mol. The van der Waals surface area contributed by atoms with Crippen molar-refractivity contribution in [2.24, 2.45) is 0 Å². The maximum atomic E-state index is 12.5. The van der Waals surface area contributed by atoms with E-state index in [1.54, 1.807) is 6.07 Å². The van der Waals surface area contributed by atoms with E-state index in [4.69, 9.17) is 23.2 Å². The van der Waals surface area contributed by atoms with E-state index < -0.39 is 0 Å². The first kappa shape index (κ1) is 18.1. The molecular formula is C20H22Cl2N2O. The molecule has 1 fully saturated rings. The number of carbonyl (C=O) groups excluding carboxylic acids is 1. The van der Waals surface area contributed by atoms with Gasteiger partial charge in [-0.25, -0.2) is 0 Å². The highest BCUT2D eigenvalue weighted by Crippen LogP contribution is 2.23. The van der Waals surface area contributed by atoms with Gasteiger partial charge >= 0.3 is 0 Å². The minimum absolute atomic E-state index is 0.190. The quantitative estimate of drug-likeness (QED) is 0.779. The summed E-state index contributed by atoms with van der Waals surface area (Å²) in [6.07, 6.45) is 1.12. The standard InChI is InChI=1S/C20H22Cl2N2O/c1-15-3-2-4-18(13-15)23-9-11-24(12-10-23)20(25)8-6-16-5-7-17(21)14-19(16)22/h2-5,7,13-14H,6,8-12H2,1H3. The Kier molecular flexibility index (Phi) is 5.87. The van der Waals surface area contributed by atoms with Crippen LogP contribution in [0.1, 0.15) is 17.5 Å². The first-order valence-electron chi connectivity index (χ1n) is 8.56. The summed E-state index contributed by atoms with van der Waals surface area (Å²) in [5, 5.41) is 1.25. The van der Waals surface area contributed by atoms with Gasteiger partial charge in [0.25, 0.3) is 0 Å². The first-order chi connectivity index (χ1) is 12.0. The van der Waals surface area contributed by atoms with Gasteiger partial charge in [-0.15, -0.1) is 0 Å². The predicted molar refractivity (Wildman–Crippen MR) is 105 cm³/mol. The van der Waals surface area contributed by atoms with E-state index in [1.165, 1.54) is 11.3 Å². The van der Waals surface area contributed by atoms with Crippen LogP contribution in [-0.4, -0.2) is 37.0 Å². The Morgan fingerprint density at radius 2 is 1.80 bits per heavy atom. The molecule has 0 unspecified atom stereocenters. The molecule has 3 nitrogen and oxygen atoms in total. The number of aryl methyl sites for hydroxylation is 2. The molecule has 2 aromatic rings. The third kappa shape index (κ3) is 4.68. The van der Waals surface area contributed by atoms with Crippen molar-refractivity contribution >= 4 is 34.8 Å². The van der Waals surface area contributed by atoms with Crippen LogP contribution in [0, 0.1) is 6.92 Å². The Labute approximate surface area is 159 Å². The number of halogens is 2. The molecule has 1 aliphatic heterocycles. The summed E-state index contributed by atoms with van der Waals surface area (Å²) >= 11 is 12.1. The van der Waals surface area contributed by atoms with Crippen molar-refractivity contribution in [3.05, 3.63) is 63.6 Å². The minimum atomic E-state index is 0.190. The summed E-state index contributed by atoms with van der Waals surface area (Å²) in [5.74, 6) is 0.190. The Bertz CT molecular complexity index is 755. The molecule has 132 valence electrons. The first-order valence-corrected chi connectivity index (χ1v) is 9.32. The zero-order valence-electron chi connectivity index (χ0n) is 14.3. The number of carbonyl (C=O) groups is 1. The fourth-order valence-corrected chi connectivity index (χ4v) is 3.67. The topological polar surface area (TPSA) is 23.6 Å². The van der Waals surface area contributed by atoms with Gasteiger partial charge in [-0.3, -0.25) is 4.79 Å². The van der Waals surface area contributed by atoms with Crippen molar-refractivity contribution in [2.45, 2.75) is 19.8 Å². The molecule has 0 aliphatic carbocycles. The van der Waals surface area contributed by atoms with E-state index >= 15 is 0 Å². The Morgan fingerprint density at radius 3 is 2.48 bits per heavy atom. The Balaban J connectivity index is 1.51. The average molecular weight is 377 g/mol. The number of piperazine rings is 1. The lowest BCUT2D eigenvalue weighted by Gasteiger charge is -2.36. The minimum Gasteiger partial charge on any atom is -0.368 e. The molecule has 1 heterocycles. The monoisotopic (exact) mass is 376 g/mol.